The highest BCUT2D eigenvalue weighted by Gasteiger charge is 2.41. The smallest absolute Gasteiger partial charge is 0.151 e. The summed E-state index contributed by atoms with van der Waals surface area (Å²) in [5, 5.41) is 3.62. The van der Waals surface area contributed by atoms with E-state index in [-0.39, 0.29) is 5.82 Å². The predicted molar refractivity (Wildman–Crippen MR) is 76.9 cm³/mol. The van der Waals surface area contributed by atoms with E-state index in [4.69, 9.17) is 0 Å². The number of benzene rings is 1. The van der Waals surface area contributed by atoms with Gasteiger partial charge < -0.3 is 9.88 Å². The molecule has 3 unspecified atom stereocenters. The van der Waals surface area contributed by atoms with Crippen molar-refractivity contribution in [2.75, 3.05) is 6.54 Å². The summed E-state index contributed by atoms with van der Waals surface area (Å²) in [6, 6.07) is 5.55. The van der Waals surface area contributed by atoms with Crippen LogP contribution >= 0.6 is 0 Å². The Kier molecular flexibility index (Phi) is 2.81. The van der Waals surface area contributed by atoms with Crippen LogP contribution in [0.5, 0.6) is 0 Å². The molecular formula is C16H20FN3. The number of hydrogen-bond acceptors (Lipinski definition) is 2. The number of aryl methyl sites for hydroxylation is 1. The fraction of sp³-hybridized carbons (Fsp3) is 0.562. The van der Waals surface area contributed by atoms with Crippen LogP contribution in [0.4, 0.5) is 4.39 Å². The molecule has 1 aliphatic carbocycles. The molecule has 1 aromatic carbocycles. The summed E-state index contributed by atoms with van der Waals surface area (Å²) in [6.45, 7) is 4.03. The molecule has 2 heterocycles. The molecule has 4 rings (SSSR count). The fourth-order valence-electron chi connectivity index (χ4n) is 4.17. The number of fused-ring (bicyclic) bond motifs is 2. The molecule has 1 saturated heterocycles. The molecular weight excluding hydrogens is 253 g/mol. The van der Waals surface area contributed by atoms with Crippen LogP contribution in [0, 0.1) is 17.7 Å². The molecule has 1 N–H and O–H groups in total. The van der Waals surface area contributed by atoms with E-state index in [1.165, 1.54) is 25.3 Å². The Bertz CT molecular complexity index is 648. The first kappa shape index (κ1) is 12.3. The fourth-order valence-corrected chi connectivity index (χ4v) is 4.17. The highest BCUT2D eigenvalue weighted by Crippen LogP contribution is 2.44. The normalized spacial score (nSPS) is 29.2. The van der Waals surface area contributed by atoms with Crippen molar-refractivity contribution in [1.29, 1.82) is 0 Å². The molecule has 4 heteroatoms. The Hall–Kier alpha value is -1.42. The number of aromatic nitrogens is 2. The van der Waals surface area contributed by atoms with Gasteiger partial charge >= 0.3 is 0 Å². The highest BCUT2D eigenvalue weighted by molar-refractivity contribution is 5.76. The second-order valence-electron chi connectivity index (χ2n) is 6.06. The third-order valence-electron chi connectivity index (χ3n) is 5.10. The first-order chi connectivity index (χ1) is 9.79. The lowest BCUT2D eigenvalue weighted by molar-refractivity contribution is 0.399. The summed E-state index contributed by atoms with van der Waals surface area (Å²) in [6.07, 6.45) is 3.93. The van der Waals surface area contributed by atoms with Gasteiger partial charge in [-0.2, -0.15) is 0 Å². The van der Waals surface area contributed by atoms with E-state index in [9.17, 15) is 4.39 Å². The van der Waals surface area contributed by atoms with Gasteiger partial charge in [0.1, 0.15) is 11.3 Å². The number of hydrogen-bond donors (Lipinski definition) is 1. The topological polar surface area (TPSA) is 29.9 Å². The molecule has 2 aliphatic rings. The maximum atomic E-state index is 14.0. The summed E-state index contributed by atoms with van der Waals surface area (Å²) >= 11 is 0. The van der Waals surface area contributed by atoms with Crippen molar-refractivity contribution in [3.63, 3.8) is 0 Å². The molecule has 1 aliphatic heterocycles. The van der Waals surface area contributed by atoms with Crippen molar-refractivity contribution in [3.8, 4) is 0 Å². The minimum absolute atomic E-state index is 0.211. The van der Waals surface area contributed by atoms with Crippen molar-refractivity contribution in [3.05, 3.63) is 29.8 Å². The Morgan fingerprint density at radius 3 is 3.15 bits per heavy atom. The van der Waals surface area contributed by atoms with E-state index in [0.717, 1.165) is 30.3 Å². The van der Waals surface area contributed by atoms with Crippen LogP contribution in [0.2, 0.25) is 0 Å². The molecule has 0 spiro atoms. The third-order valence-corrected chi connectivity index (χ3v) is 5.10. The first-order valence-corrected chi connectivity index (χ1v) is 7.67. The molecule has 2 aromatic rings. The largest absolute Gasteiger partial charge is 0.327 e. The van der Waals surface area contributed by atoms with Gasteiger partial charge in [0.05, 0.1) is 11.6 Å². The Labute approximate surface area is 118 Å². The van der Waals surface area contributed by atoms with Crippen molar-refractivity contribution in [1.82, 2.24) is 14.9 Å². The molecule has 3 atom stereocenters. The molecule has 1 saturated carbocycles. The van der Waals surface area contributed by atoms with Gasteiger partial charge in [0.25, 0.3) is 0 Å². The van der Waals surface area contributed by atoms with Crippen LogP contribution in [0.1, 0.15) is 38.1 Å². The van der Waals surface area contributed by atoms with Crippen LogP contribution in [0.15, 0.2) is 18.2 Å². The molecule has 3 nitrogen and oxygen atoms in total. The third kappa shape index (κ3) is 1.64. The van der Waals surface area contributed by atoms with Crippen molar-refractivity contribution in [2.45, 2.75) is 38.8 Å². The summed E-state index contributed by atoms with van der Waals surface area (Å²) in [7, 11) is 0. The maximum Gasteiger partial charge on any atom is 0.151 e. The molecule has 2 fully saturated rings. The molecule has 1 aromatic heterocycles. The zero-order chi connectivity index (χ0) is 13.7. The highest BCUT2D eigenvalue weighted by atomic mass is 19.1. The lowest BCUT2D eigenvalue weighted by Gasteiger charge is -2.19. The van der Waals surface area contributed by atoms with Crippen LogP contribution < -0.4 is 5.32 Å². The van der Waals surface area contributed by atoms with Crippen molar-refractivity contribution >= 4 is 11.0 Å². The molecule has 20 heavy (non-hydrogen) atoms. The zero-order valence-electron chi connectivity index (χ0n) is 11.8. The lowest BCUT2D eigenvalue weighted by Crippen LogP contribution is -2.22. The maximum absolute atomic E-state index is 14.0. The van der Waals surface area contributed by atoms with E-state index in [1.807, 2.05) is 6.07 Å². The minimum Gasteiger partial charge on any atom is -0.327 e. The van der Waals surface area contributed by atoms with Crippen LogP contribution in [-0.4, -0.2) is 16.1 Å². The van der Waals surface area contributed by atoms with Gasteiger partial charge in [0.2, 0.25) is 0 Å². The summed E-state index contributed by atoms with van der Waals surface area (Å²) in [5.41, 5.74) is 1.44. The molecule has 106 valence electrons. The standard InChI is InChI=1S/C16H20FN3/c1-2-20-13-8-4-7-12(17)15(13)19-16(20)14-11-6-3-5-10(11)9-18-14/h4,7-8,10-11,14,18H,2-3,5-6,9H2,1H3. The second-order valence-corrected chi connectivity index (χ2v) is 6.06. The van der Waals surface area contributed by atoms with Crippen LogP contribution in [0.25, 0.3) is 11.0 Å². The summed E-state index contributed by atoms with van der Waals surface area (Å²) < 4.78 is 16.2. The quantitative estimate of drug-likeness (QED) is 0.910. The predicted octanol–water partition coefficient (Wildman–Crippen LogP) is 3.26. The van der Waals surface area contributed by atoms with Gasteiger partial charge in [-0.1, -0.05) is 12.5 Å². The summed E-state index contributed by atoms with van der Waals surface area (Å²) in [4.78, 5) is 4.65. The van der Waals surface area contributed by atoms with Gasteiger partial charge in [0.15, 0.2) is 5.82 Å². The Balaban J connectivity index is 1.85. The number of rotatable bonds is 2. The average Bonchev–Trinajstić information content (AvgIpc) is 3.11. The van der Waals surface area contributed by atoms with E-state index in [1.54, 1.807) is 6.07 Å². The van der Waals surface area contributed by atoms with E-state index < -0.39 is 0 Å². The monoisotopic (exact) mass is 273 g/mol. The average molecular weight is 273 g/mol. The van der Waals surface area contributed by atoms with Gasteiger partial charge in [-0.15, -0.1) is 0 Å². The van der Waals surface area contributed by atoms with Crippen LogP contribution in [0.3, 0.4) is 0 Å². The van der Waals surface area contributed by atoms with Gasteiger partial charge in [-0.05, 0) is 50.3 Å². The zero-order valence-corrected chi connectivity index (χ0v) is 11.8. The molecule has 0 amide bonds. The number of halogens is 1. The lowest BCUT2D eigenvalue weighted by atomic mass is 9.93. The Morgan fingerprint density at radius 2 is 2.30 bits per heavy atom. The molecule has 0 bridgehead atoms. The van der Waals surface area contributed by atoms with E-state index >= 15 is 0 Å². The SMILES string of the molecule is CCn1c(C2NCC3CCCC32)nc2c(F)cccc21. The van der Waals surface area contributed by atoms with Crippen molar-refractivity contribution in [2.24, 2.45) is 11.8 Å². The minimum atomic E-state index is -0.211. The first-order valence-electron chi connectivity index (χ1n) is 7.67. The van der Waals surface area contributed by atoms with Gasteiger partial charge in [-0.3, -0.25) is 0 Å². The van der Waals surface area contributed by atoms with Gasteiger partial charge in [-0.25, -0.2) is 9.37 Å². The number of para-hydroxylation sites is 1. The van der Waals surface area contributed by atoms with Crippen molar-refractivity contribution < 1.29 is 4.39 Å². The number of nitrogens with zero attached hydrogens (tertiary/aromatic N) is 2. The summed E-state index contributed by atoms with van der Waals surface area (Å²) in [5.74, 6) is 2.29. The van der Waals surface area contributed by atoms with E-state index in [0.29, 0.717) is 17.5 Å². The number of nitrogens with one attached hydrogen (secondary N) is 1. The number of imidazole rings is 1. The molecule has 0 radical (unpaired) electrons. The second kappa shape index (κ2) is 4.55. The Morgan fingerprint density at radius 1 is 1.40 bits per heavy atom. The van der Waals surface area contributed by atoms with Gasteiger partial charge in [0, 0.05) is 6.54 Å². The van der Waals surface area contributed by atoms with E-state index in [2.05, 4.69) is 21.8 Å². The van der Waals surface area contributed by atoms with Crippen LogP contribution in [-0.2, 0) is 6.54 Å².